The Kier molecular flexibility index (Phi) is 4.62. The zero-order valence-corrected chi connectivity index (χ0v) is 14.0. The van der Waals surface area contributed by atoms with Crippen LogP contribution in [0.15, 0.2) is 34.3 Å². The van der Waals surface area contributed by atoms with Crippen LogP contribution in [0.1, 0.15) is 32.3 Å². The molecule has 2 rings (SSSR count). The predicted octanol–water partition coefficient (Wildman–Crippen LogP) is 5.35. The lowest BCUT2D eigenvalue weighted by Gasteiger charge is -2.32. The van der Waals surface area contributed by atoms with Crippen LogP contribution in [0.25, 0.3) is 0 Å². The van der Waals surface area contributed by atoms with Crippen LogP contribution in [-0.2, 0) is 6.42 Å². The number of halogens is 2. The van der Waals surface area contributed by atoms with Crippen molar-refractivity contribution in [3.8, 4) is 5.75 Å². The zero-order chi connectivity index (χ0) is 14.0. The lowest BCUT2D eigenvalue weighted by molar-refractivity contribution is 0.320. The molecule has 0 heterocycles. The molecule has 0 amide bonds. The zero-order valence-electron chi connectivity index (χ0n) is 11.7. The van der Waals surface area contributed by atoms with Gasteiger partial charge in [0.2, 0.25) is 0 Å². The molecule has 0 aromatic heterocycles. The van der Waals surface area contributed by atoms with Crippen molar-refractivity contribution in [2.75, 3.05) is 7.11 Å². The number of rotatable bonds is 3. The molecule has 0 spiro atoms. The van der Waals surface area contributed by atoms with Crippen molar-refractivity contribution < 1.29 is 4.74 Å². The smallest absolute Gasteiger partial charge is 0.133 e. The maximum absolute atomic E-state index is 6.34. The van der Waals surface area contributed by atoms with Crippen molar-refractivity contribution in [1.82, 2.24) is 0 Å². The largest absolute Gasteiger partial charge is 0.496 e. The lowest BCUT2D eigenvalue weighted by atomic mass is 9.76. The van der Waals surface area contributed by atoms with Crippen molar-refractivity contribution in [2.45, 2.75) is 38.5 Å². The highest BCUT2D eigenvalue weighted by molar-refractivity contribution is 9.10. The molecule has 0 saturated heterocycles. The fourth-order valence-electron chi connectivity index (χ4n) is 2.79. The Morgan fingerprint density at radius 1 is 1.42 bits per heavy atom. The van der Waals surface area contributed by atoms with Gasteiger partial charge in [-0.1, -0.05) is 31.6 Å². The average Bonchev–Trinajstić information content (AvgIpc) is 2.26. The number of methoxy groups -OCH3 is 1. The highest BCUT2D eigenvalue weighted by atomic mass is 79.9. The van der Waals surface area contributed by atoms with Crippen LogP contribution >= 0.6 is 27.5 Å². The molecule has 0 saturated carbocycles. The third kappa shape index (κ3) is 4.00. The molecule has 0 aliphatic heterocycles. The summed E-state index contributed by atoms with van der Waals surface area (Å²) in [6, 6.07) is 6.26. The minimum absolute atomic E-state index is 0.167. The second kappa shape index (κ2) is 5.88. The van der Waals surface area contributed by atoms with E-state index in [1.165, 1.54) is 11.1 Å². The van der Waals surface area contributed by atoms with Crippen LogP contribution in [0.5, 0.6) is 5.75 Å². The third-order valence-corrected chi connectivity index (χ3v) is 4.42. The Hall–Kier alpha value is -0.470. The molecule has 1 unspecified atom stereocenters. The summed E-state index contributed by atoms with van der Waals surface area (Å²) in [7, 11) is 1.68. The average molecular weight is 344 g/mol. The molecule has 3 heteroatoms. The van der Waals surface area contributed by atoms with Crippen molar-refractivity contribution in [2.24, 2.45) is 5.41 Å². The maximum atomic E-state index is 6.34. The van der Waals surface area contributed by atoms with E-state index in [1.54, 1.807) is 7.11 Å². The molecule has 1 aromatic rings. The van der Waals surface area contributed by atoms with E-state index >= 15 is 0 Å². The van der Waals surface area contributed by atoms with Crippen LogP contribution in [0.4, 0.5) is 0 Å². The van der Waals surface area contributed by atoms with Gasteiger partial charge < -0.3 is 4.74 Å². The van der Waals surface area contributed by atoms with Crippen LogP contribution in [0.2, 0.25) is 0 Å². The van der Waals surface area contributed by atoms with E-state index in [2.05, 4.69) is 48.0 Å². The first-order valence-electron chi connectivity index (χ1n) is 6.56. The first-order valence-corrected chi connectivity index (χ1v) is 7.79. The van der Waals surface area contributed by atoms with Gasteiger partial charge in [0.25, 0.3) is 0 Å². The van der Waals surface area contributed by atoms with Gasteiger partial charge in [-0.3, -0.25) is 0 Å². The maximum Gasteiger partial charge on any atom is 0.133 e. The summed E-state index contributed by atoms with van der Waals surface area (Å²) in [5.74, 6) is 0.872. The summed E-state index contributed by atoms with van der Waals surface area (Å²) in [5, 5.41) is 0.167. The van der Waals surface area contributed by atoms with Crippen molar-refractivity contribution >= 4 is 27.5 Å². The lowest BCUT2D eigenvalue weighted by Crippen LogP contribution is -2.22. The molecule has 104 valence electrons. The number of ether oxygens (including phenoxy) is 1. The Morgan fingerprint density at radius 3 is 2.74 bits per heavy atom. The Balaban J connectivity index is 2.15. The highest BCUT2D eigenvalue weighted by Crippen LogP contribution is 2.38. The van der Waals surface area contributed by atoms with Crippen LogP contribution < -0.4 is 4.74 Å². The molecule has 0 radical (unpaired) electrons. The summed E-state index contributed by atoms with van der Waals surface area (Å²) in [6.45, 7) is 4.58. The van der Waals surface area contributed by atoms with Crippen LogP contribution in [-0.4, -0.2) is 12.5 Å². The quantitative estimate of drug-likeness (QED) is 0.530. The van der Waals surface area contributed by atoms with Crippen LogP contribution in [0, 0.1) is 5.41 Å². The second-order valence-electron chi connectivity index (χ2n) is 6.03. The molecule has 0 bridgehead atoms. The summed E-state index contributed by atoms with van der Waals surface area (Å²) in [4.78, 5) is 0. The van der Waals surface area contributed by atoms with E-state index < -0.39 is 0 Å². The number of alkyl halides is 1. The normalized spacial score (nSPS) is 21.9. The number of allylic oxidation sites excluding steroid dienone is 2. The minimum atomic E-state index is 0.167. The van der Waals surface area contributed by atoms with E-state index in [1.807, 2.05) is 6.07 Å². The summed E-state index contributed by atoms with van der Waals surface area (Å²) < 4.78 is 6.26. The monoisotopic (exact) mass is 342 g/mol. The van der Waals surface area contributed by atoms with Crippen LogP contribution in [0.3, 0.4) is 0 Å². The van der Waals surface area contributed by atoms with E-state index in [0.717, 1.165) is 29.5 Å². The molecule has 0 N–H and O–H groups in total. The Morgan fingerprint density at radius 2 is 2.16 bits per heavy atom. The first-order chi connectivity index (χ1) is 8.89. The van der Waals surface area contributed by atoms with Crippen molar-refractivity contribution in [3.05, 3.63) is 39.9 Å². The summed E-state index contributed by atoms with van der Waals surface area (Å²) >= 11 is 9.87. The highest BCUT2D eigenvalue weighted by Gasteiger charge is 2.27. The molecule has 0 fully saturated rings. The molecular formula is C16H20BrClO. The van der Waals surface area contributed by atoms with Gasteiger partial charge in [0.15, 0.2) is 0 Å². The second-order valence-corrected chi connectivity index (χ2v) is 7.45. The van der Waals surface area contributed by atoms with Gasteiger partial charge in [0.05, 0.1) is 17.0 Å². The van der Waals surface area contributed by atoms with Gasteiger partial charge in [-0.2, -0.15) is 0 Å². The summed E-state index contributed by atoms with van der Waals surface area (Å²) in [6.07, 6.45) is 5.38. The fraction of sp³-hybridized carbons (Fsp3) is 0.500. The van der Waals surface area contributed by atoms with Gasteiger partial charge in [0, 0.05) is 0 Å². The standard InChI is InChI=1S/C16H20BrClO/c1-16(2)9-12(7-13(18)10-16)6-11-4-5-15(19-3)14(17)8-11/h4-5,7-8,13H,6,9-10H2,1-3H3. The predicted molar refractivity (Wildman–Crippen MR) is 85.1 cm³/mol. The third-order valence-electron chi connectivity index (χ3n) is 3.52. The minimum Gasteiger partial charge on any atom is -0.496 e. The van der Waals surface area contributed by atoms with Gasteiger partial charge >= 0.3 is 0 Å². The number of benzene rings is 1. The van der Waals surface area contributed by atoms with Crippen molar-refractivity contribution in [1.29, 1.82) is 0 Å². The molecule has 1 nitrogen and oxygen atoms in total. The molecule has 1 aliphatic rings. The molecule has 1 aromatic carbocycles. The van der Waals surface area contributed by atoms with E-state index in [-0.39, 0.29) is 5.38 Å². The van der Waals surface area contributed by atoms with Gasteiger partial charge in [-0.05, 0) is 58.3 Å². The van der Waals surface area contributed by atoms with Gasteiger partial charge in [-0.15, -0.1) is 11.6 Å². The number of hydrogen-bond acceptors (Lipinski definition) is 1. The van der Waals surface area contributed by atoms with Gasteiger partial charge in [0.1, 0.15) is 5.75 Å². The Bertz CT molecular complexity index is 494. The van der Waals surface area contributed by atoms with E-state index in [0.29, 0.717) is 5.41 Å². The van der Waals surface area contributed by atoms with E-state index in [4.69, 9.17) is 16.3 Å². The van der Waals surface area contributed by atoms with Gasteiger partial charge in [-0.25, -0.2) is 0 Å². The number of hydrogen-bond donors (Lipinski definition) is 0. The topological polar surface area (TPSA) is 9.23 Å². The molecule has 1 atom stereocenters. The van der Waals surface area contributed by atoms with E-state index in [9.17, 15) is 0 Å². The molecule has 19 heavy (non-hydrogen) atoms. The van der Waals surface area contributed by atoms with Crippen molar-refractivity contribution in [3.63, 3.8) is 0 Å². The molecule has 1 aliphatic carbocycles. The fourth-order valence-corrected chi connectivity index (χ4v) is 3.98. The molecular weight excluding hydrogens is 324 g/mol. The summed E-state index contributed by atoms with van der Waals surface area (Å²) in [5.41, 5.74) is 3.04. The Labute approximate surface area is 129 Å². The SMILES string of the molecule is COc1ccc(CC2=CC(Cl)CC(C)(C)C2)cc1Br. The first kappa shape index (κ1) is 14.9.